The van der Waals surface area contributed by atoms with Crippen molar-refractivity contribution in [3.8, 4) is 0 Å². The zero-order chi connectivity index (χ0) is 20.8. The van der Waals surface area contributed by atoms with Crippen LogP contribution < -0.4 is 5.32 Å². The summed E-state index contributed by atoms with van der Waals surface area (Å²) in [6.45, 7) is 7.38. The number of hydrogen-bond donors (Lipinski definition) is 1. The quantitative estimate of drug-likeness (QED) is 0.786. The maximum atomic E-state index is 13.0. The minimum absolute atomic E-state index is 0.000703. The molecule has 2 heterocycles. The monoisotopic (exact) mass is 406 g/mol. The van der Waals surface area contributed by atoms with E-state index in [1.807, 2.05) is 0 Å². The number of aryl methyl sites for hydroxylation is 1. The van der Waals surface area contributed by atoms with Gasteiger partial charge in [0.1, 0.15) is 0 Å². The van der Waals surface area contributed by atoms with Crippen LogP contribution in [0.2, 0.25) is 0 Å². The number of benzene rings is 2. The summed E-state index contributed by atoms with van der Waals surface area (Å²) in [5.41, 5.74) is 4.06. The Labute approximate surface area is 180 Å². The van der Waals surface area contributed by atoms with Gasteiger partial charge in [0.2, 0.25) is 5.91 Å². The average Bonchev–Trinajstić information content (AvgIpc) is 2.81. The second-order valence-corrected chi connectivity index (χ2v) is 8.95. The van der Waals surface area contributed by atoms with Crippen molar-refractivity contribution in [2.75, 3.05) is 32.8 Å². The molecule has 0 spiro atoms. The zero-order valence-electron chi connectivity index (χ0n) is 18.1. The fourth-order valence-electron chi connectivity index (χ4n) is 4.90. The van der Waals surface area contributed by atoms with Gasteiger partial charge in [-0.3, -0.25) is 9.69 Å². The maximum Gasteiger partial charge on any atom is 0.223 e. The van der Waals surface area contributed by atoms with Gasteiger partial charge in [0.15, 0.2) is 0 Å². The Morgan fingerprint density at radius 2 is 1.70 bits per heavy atom. The molecule has 4 rings (SSSR count). The Balaban J connectivity index is 1.30. The molecule has 2 aromatic carbocycles. The van der Waals surface area contributed by atoms with E-state index < -0.39 is 0 Å². The van der Waals surface area contributed by atoms with Gasteiger partial charge >= 0.3 is 0 Å². The highest BCUT2D eigenvalue weighted by Crippen LogP contribution is 2.34. The predicted molar refractivity (Wildman–Crippen MR) is 120 cm³/mol. The first-order valence-corrected chi connectivity index (χ1v) is 11.3. The molecule has 1 N–H and O–H groups in total. The van der Waals surface area contributed by atoms with E-state index in [1.54, 1.807) is 0 Å². The summed E-state index contributed by atoms with van der Waals surface area (Å²) in [6.07, 6.45) is 3.82. The molecule has 30 heavy (non-hydrogen) atoms. The lowest BCUT2D eigenvalue weighted by molar-refractivity contribution is -0.127. The van der Waals surface area contributed by atoms with Gasteiger partial charge in [0, 0.05) is 37.6 Å². The summed E-state index contributed by atoms with van der Waals surface area (Å²) in [5, 5.41) is 3.32. The number of carbonyl (C=O) groups is 1. The van der Waals surface area contributed by atoms with E-state index in [0.29, 0.717) is 6.54 Å². The van der Waals surface area contributed by atoms with Crippen molar-refractivity contribution in [1.29, 1.82) is 0 Å². The molecule has 4 nitrogen and oxygen atoms in total. The first-order valence-electron chi connectivity index (χ1n) is 11.3. The summed E-state index contributed by atoms with van der Waals surface area (Å²) in [4.78, 5) is 15.5. The number of piperidine rings is 1. The van der Waals surface area contributed by atoms with Crippen molar-refractivity contribution in [3.63, 3.8) is 0 Å². The van der Waals surface area contributed by atoms with Crippen molar-refractivity contribution < 1.29 is 9.53 Å². The van der Waals surface area contributed by atoms with Gasteiger partial charge in [-0.05, 0) is 62.4 Å². The minimum atomic E-state index is 0.000703. The third-order valence-corrected chi connectivity index (χ3v) is 7.05. The smallest absolute Gasteiger partial charge is 0.223 e. The van der Waals surface area contributed by atoms with Crippen molar-refractivity contribution in [2.24, 2.45) is 5.92 Å². The van der Waals surface area contributed by atoms with E-state index in [2.05, 4.69) is 71.7 Å². The number of likely N-dealkylation sites (tertiary alicyclic amines) is 1. The first kappa shape index (κ1) is 21.1. The highest BCUT2D eigenvalue weighted by molar-refractivity contribution is 5.78. The molecule has 2 saturated heterocycles. The molecule has 0 radical (unpaired) electrons. The van der Waals surface area contributed by atoms with E-state index in [4.69, 9.17) is 4.74 Å². The molecular weight excluding hydrogens is 372 g/mol. The van der Waals surface area contributed by atoms with Crippen LogP contribution in [0.3, 0.4) is 0 Å². The number of rotatable bonds is 6. The molecule has 0 bridgehead atoms. The number of amides is 1. The summed E-state index contributed by atoms with van der Waals surface area (Å²) < 4.78 is 5.62. The van der Waals surface area contributed by atoms with Gasteiger partial charge < -0.3 is 10.1 Å². The molecule has 2 aromatic rings. The third-order valence-electron chi connectivity index (χ3n) is 7.05. The summed E-state index contributed by atoms with van der Waals surface area (Å²) in [5.74, 6) is 0.359. The summed E-state index contributed by atoms with van der Waals surface area (Å²) in [7, 11) is 0. The number of nitrogens with one attached hydrogen (secondary N) is 1. The van der Waals surface area contributed by atoms with Crippen LogP contribution in [0.25, 0.3) is 0 Å². The highest BCUT2D eigenvalue weighted by atomic mass is 16.5. The second kappa shape index (κ2) is 9.76. The Kier molecular flexibility index (Phi) is 6.86. The molecule has 0 aromatic heterocycles. The highest BCUT2D eigenvalue weighted by Gasteiger charge is 2.35. The Morgan fingerprint density at radius 3 is 2.40 bits per heavy atom. The van der Waals surface area contributed by atoms with Gasteiger partial charge in [-0.15, -0.1) is 0 Å². The molecule has 2 fully saturated rings. The normalized spacial score (nSPS) is 20.0. The lowest BCUT2D eigenvalue weighted by atomic mass is 9.74. The molecule has 2 aliphatic heterocycles. The lowest BCUT2D eigenvalue weighted by Gasteiger charge is -2.38. The zero-order valence-corrected chi connectivity index (χ0v) is 18.1. The van der Waals surface area contributed by atoms with Crippen LogP contribution in [0.15, 0.2) is 54.6 Å². The van der Waals surface area contributed by atoms with E-state index in [-0.39, 0.29) is 17.2 Å². The Hall–Kier alpha value is -2.17. The van der Waals surface area contributed by atoms with Crippen LogP contribution in [0.1, 0.15) is 42.4 Å². The summed E-state index contributed by atoms with van der Waals surface area (Å²) >= 11 is 0. The number of ether oxygens (including phenoxy) is 1. The molecular formula is C26H34N2O2. The van der Waals surface area contributed by atoms with E-state index >= 15 is 0 Å². The van der Waals surface area contributed by atoms with Crippen LogP contribution in [0.4, 0.5) is 0 Å². The Morgan fingerprint density at radius 1 is 1.03 bits per heavy atom. The van der Waals surface area contributed by atoms with Crippen LogP contribution in [-0.4, -0.2) is 43.7 Å². The van der Waals surface area contributed by atoms with E-state index in [1.165, 1.54) is 16.7 Å². The molecule has 0 unspecified atom stereocenters. The largest absolute Gasteiger partial charge is 0.381 e. The van der Waals surface area contributed by atoms with Gasteiger partial charge in [-0.1, -0.05) is 54.6 Å². The van der Waals surface area contributed by atoms with E-state index in [0.717, 1.165) is 58.5 Å². The van der Waals surface area contributed by atoms with Gasteiger partial charge in [-0.25, -0.2) is 0 Å². The van der Waals surface area contributed by atoms with Gasteiger partial charge in [0.05, 0.1) is 0 Å². The van der Waals surface area contributed by atoms with Crippen molar-refractivity contribution in [2.45, 2.75) is 44.6 Å². The van der Waals surface area contributed by atoms with Crippen molar-refractivity contribution >= 4 is 5.91 Å². The fraction of sp³-hybridized carbons (Fsp3) is 0.500. The predicted octanol–water partition coefficient (Wildman–Crippen LogP) is 4.07. The standard InChI is InChI=1S/C26H34N2O2/c1-21-7-5-6-8-23(21)19-28-15-11-22(12-16-28)25(29)27-20-26(13-17-30-18-14-26)24-9-3-2-4-10-24/h2-10,22H,11-20H2,1H3,(H,27,29). The second-order valence-electron chi connectivity index (χ2n) is 8.95. The van der Waals surface area contributed by atoms with Gasteiger partial charge in [-0.2, -0.15) is 0 Å². The van der Waals surface area contributed by atoms with Gasteiger partial charge in [0.25, 0.3) is 0 Å². The first-order chi connectivity index (χ1) is 14.7. The topological polar surface area (TPSA) is 41.6 Å². The molecule has 4 heteroatoms. The van der Waals surface area contributed by atoms with Crippen molar-refractivity contribution in [1.82, 2.24) is 10.2 Å². The average molecular weight is 407 g/mol. The third kappa shape index (κ3) is 4.93. The fourth-order valence-corrected chi connectivity index (χ4v) is 4.90. The number of hydrogen-bond acceptors (Lipinski definition) is 3. The van der Waals surface area contributed by atoms with Crippen LogP contribution in [-0.2, 0) is 21.5 Å². The maximum absolute atomic E-state index is 13.0. The molecule has 160 valence electrons. The molecule has 0 aliphatic carbocycles. The van der Waals surface area contributed by atoms with Crippen molar-refractivity contribution in [3.05, 3.63) is 71.3 Å². The minimum Gasteiger partial charge on any atom is -0.381 e. The van der Waals surface area contributed by atoms with Crippen LogP contribution in [0, 0.1) is 12.8 Å². The molecule has 1 amide bonds. The van der Waals surface area contributed by atoms with Crippen LogP contribution >= 0.6 is 0 Å². The Bertz CT molecular complexity index is 822. The molecule has 0 atom stereocenters. The SMILES string of the molecule is Cc1ccccc1CN1CCC(C(=O)NCC2(c3ccccc3)CCOCC2)CC1. The number of nitrogens with zero attached hydrogens (tertiary/aromatic N) is 1. The lowest BCUT2D eigenvalue weighted by Crippen LogP contribution is -2.47. The molecule has 2 aliphatic rings. The summed E-state index contributed by atoms with van der Waals surface area (Å²) in [6, 6.07) is 19.2. The number of carbonyl (C=O) groups excluding carboxylic acids is 1. The van der Waals surface area contributed by atoms with Crippen LogP contribution in [0.5, 0.6) is 0 Å². The molecule has 0 saturated carbocycles. The van der Waals surface area contributed by atoms with E-state index in [9.17, 15) is 4.79 Å².